The zero-order valence-corrected chi connectivity index (χ0v) is 11.1. The Morgan fingerprint density at radius 3 is 2.70 bits per heavy atom. The molecule has 0 radical (unpaired) electrons. The van der Waals surface area contributed by atoms with Crippen LogP contribution in [0.1, 0.15) is 12.5 Å². The highest BCUT2D eigenvalue weighted by atomic mass is 16.5. The van der Waals surface area contributed by atoms with Crippen LogP contribution in [-0.4, -0.2) is 15.1 Å². The van der Waals surface area contributed by atoms with Crippen molar-refractivity contribution in [2.24, 2.45) is 0 Å². The average Bonchev–Trinajstić information content (AvgIpc) is 2.97. The topological polar surface area (TPSA) is 77.8 Å². The lowest BCUT2D eigenvalue weighted by Gasteiger charge is -2.00. The summed E-state index contributed by atoms with van der Waals surface area (Å²) in [4.78, 5) is 8.56. The highest BCUT2D eigenvalue weighted by molar-refractivity contribution is 5.63. The summed E-state index contributed by atoms with van der Waals surface area (Å²) in [5, 5.41) is 4.05. The number of nitrogens with two attached hydrogens (primary N) is 1. The van der Waals surface area contributed by atoms with E-state index in [0.717, 1.165) is 23.1 Å². The number of hydrogen-bond donors (Lipinski definition) is 1. The Morgan fingerprint density at radius 1 is 1.15 bits per heavy atom. The van der Waals surface area contributed by atoms with Crippen LogP contribution in [0, 0.1) is 0 Å². The van der Waals surface area contributed by atoms with Crippen molar-refractivity contribution in [3.05, 3.63) is 48.3 Å². The highest BCUT2D eigenvalue weighted by Gasteiger charge is 2.12. The first-order valence-electron chi connectivity index (χ1n) is 6.41. The van der Waals surface area contributed by atoms with Crippen LogP contribution < -0.4 is 5.73 Å². The van der Waals surface area contributed by atoms with Gasteiger partial charge in [0, 0.05) is 29.2 Å². The van der Waals surface area contributed by atoms with E-state index in [4.69, 9.17) is 10.3 Å². The summed E-state index contributed by atoms with van der Waals surface area (Å²) in [5.74, 6) is 1.06. The lowest BCUT2D eigenvalue weighted by atomic mass is 10.1. The predicted octanol–water partition coefficient (Wildman–Crippen LogP) is 2.94. The maximum atomic E-state index is 5.67. The molecule has 0 bridgehead atoms. The van der Waals surface area contributed by atoms with Gasteiger partial charge in [0.05, 0.1) is 0 Å². The average molecular weight is 266 g/mol. The molecule has 0 atom stereocenters. The van der Waals surface area contributed by atoms with Gasteiger partial charge in [-0.15, -0.1) is 0 Å². The summed E-state index contributed by atoms with van der Waals surface area (Å²) in [6.45, 7) is 2.07. The summed E-state index contributed by atoms with van der Waals surface area (Å²) in [7, 11) is 0. The van der Waals surface area contributed by atoms with Crippen molar-refractivity contribution in [2.45, 2.75) is 13.3 Å². The molecular weight excluding hydrogens is 252 g/mol. The summed E-state index contributed by atoms with van der Waals surface area (Å²) in [5.41, 5.74) is 9.27. The molecule has 0 aliphatic carbocycles. The lowest BCUT2D eigenvalue weighted by Crippen LogP contribution is -1.90. The van der Waals surface area contributed by atoms with Gasteiger partial charge in [0.25, 0.3) is 5.89 Å². The van der Waals surface area contributed by atoms with Gasteiger partial charge in [0.15, 0.2) is 0 Å². The Bertz CT molecular complexity index is 719. The summed E-state index contributed by atoms with van der Waals surface area (Å²) >= 11 is 0. The van der Waals surface area contributed by atoms with Gasteiger partial charge >= 0.3 is 0 Å². The Kier molecular flexibility index (Phi) is 3.16. The van der Waals surface area contributed by atoms with Crippen molar-refractivity contribution < 1.29 is 4.52 Å². The second-order valence-corrected chi connectivity index (χ2v) is 4.43. The van der Waals surface area contributed by atoms with Crippen LogP contribution in [0.25, 0.3) is 22.8 Å². The van der Waals surface area contributed by atoms with Gasteiger partial charge in [-0.25, -0.2) is 0 Å². The molecule has 0 spiro atoms. The Hall–Kier alpha value is -2.69. The normalized spacial score (nSPS) is 10.7. The second kappa shape index (κ2) is 5.13. The molecule has 5 nitrogen and oxygen atoms in total. The Balaban J connectivity index is 2.00. The second-order valence-electron chi connectivity index (χ2n) is 4.43. The van der Waals surface area contributed by atoms with E-state index in [0.29, 0.717) is 17.4 Å². The standard InChI is InChI=1S/C15H14N4O/c1-2-10-9-17-8-7-13(10)14-18-15(20-19-14)11-3-5-12(16)6-4-11/h3-9H,2,16H2,1H3. The Morgan fingerprint density at radius 2 is 1.95 bits per heavy atom. The van der Waals surface area contributed by atoms with Gasteiger partial charge in [-0.3, -0.25) is 4.98 Å². The van der Waals surface area contributed by atoms with Crippen LogP contribution in [0.5, 0.6) is 0 Å². The summed E-state index contributed by atoms with van der Waals surface area (Å²) in [6, 6.07) is 9.24. The van der Waals surface area contributed by atoms with Gasteiger partial charge in [0.1, 0.15) is 0 Å². The van der Waals surface area contributed by atoms with Crippen molar-refractivity contribution in [1.82, 2.24) is 15.1 Å². The number of nitrogen functional groups attached to an aromatic ring is 1. The zero-order valence-electron chi connectivity index (χ0n) is 11.1. The van der Waals surface area contributed by atoms with E-state index < -0.39 is 0 Å². The molecule has 0 fully saturated rings. The third-order valence-corrected chi connectivity index (χ3v) is 3.11. The minimum absolute atomic E-state index is 0.485. The minimum atomic E-state index is 0.485. The maximum Gasteiger partial charge on any atom is 0.258 e. The SMILES string of the molecule is CCc1cnccc1-c1noc(-c2ccc(N)cc2)n1. The third kappa shape index (κ3) is 2.25. The number of aryl methyl sites for hydroxylation is 1. The lowest BCUT2D eigenvalue weighted by molar-refractivity contribution is 0.432. The van der Waals surface area contributed by atoms with Crippen LogP contribution >= 0.6 is 0 Å². The van der Waals surface area contributed by atoms with E-state index in [2.05, 4.69) is 22.0 Å². The minimum Gasteiger partial charge on any atom is -0.399 e. The molecule has 0 unspecified atom stereocenters. The van der Waals surface area contributed by atoms with Crippen molar-refractivity contribution in [1.29, 1.82) is 0 Å². The van der Waals surface area contributed by atoms with Crippen LogP contribution in [-0.2, 0) is 6.42 Å². The molecule has 2 heterocycles. The zero-order chi connectivity index (χ0) is 13.9. The highest BCUT2D eigenvalue weighted by Crippen LogP contribution is 2.24. The van der Waals surface area contributed by atoms with E-state index >= 15 is 0 Å². The van der Waals surface area contributed by atoms with Gasteiger partial charge in [-0.1, -0.05) is 12.1 Å². The molecule has 3 aromatic rings. The quantitative estimate of drug-likeness (QED) is 0.737. The monoisotopic (exact) mass is 266 g/mol. The third-order valence-electron chi connectivity index (χ3n) is 3.11. The van der Waals surface area contributed by atoms with Crippen molar-refractivity contribution in [3.63, 3.8) is 0 Å². The number of pyridine rings is 1. The molecular formula is C15H14N4O. The van der Waals surface area contributed by atoms with Gasteiger partial charge in [-0.2, -0.15) is 4.98 Å². The predicted molar refractivity (Wildman–Crippen MR) is 76.8 cm³/mol. The molecule has 3 rings (SSSR count). The Labute approximate surface area is 116 Å². The van der Waals surface area contributed by atoms with Gasteiger partial charge in [-0.05, 0) is 42.3 Å². The van der Waals surface area contributed by atoms with Crippen LogP contribution in [0.3, 0.4) is 0 Å². The van der Waals surface area contributed by atoms with E-state index in [1.807, 2.05) is 36.5 Å². The van der Waals surface area contributed by atoms with Crippen LogP contribution in [0.2, 0.25) is 0 Å². The molecule has 20 heavy (non-hydrogen) atoms. The molecule has 1 aromatic carbocycles. The molecule has 0 saturated carbocycles. The number of rotatable bonds is 3. The smallest absolute Gasteiger partial charge is 0.258 e. The first kappa shape index (κ1) is 12.3. The molecule has 0 aliphatic heterocycles. The first-order valence-corrected chi connectivity index (χ1v) is 6.41. The first-order chi connectivity index (χ1) is 9.78. The summed E-state index contributed by atoms with van der Waals surface area (Å²) < 4.78 is 5.32. The largest absolute Gasteiger partial charge is 0.399 e. The fourth-order valence-corrected chi connectivity index (χ4v) is 2.00. The molecule has 0 saturated heterocycles. The van der Waals surface area contributed by atoms with Crippen LogP contribution in [0.15, 0.2) is 47.2 Å². The van der Waals surface area contributed by atoms with Crippen molar-refractivity contribution >= 4 is 5.69 Å². The van der Waals surface area contributed by atoms with E-state index in [1.54, 1.807) is 6.20 Å². The molecule has 100 valence electrons. The molecule has 5 heteroatoms. The fraction of sp³-hybridized carbons (Fsp3) is 0.133. The van der Waals surface area contributed by atoms with Gasteiger partial charge in [0.2, 0.25) is 5.82 Å². The van der Waals surface area contributed by atoms with E-state index in [1.165, 1.54) is 0 Å². The summed E-state index contributed by atoms with van der Waals surface area (Å²) in [6.07, 6.45) is 4.43. The van der Waals surface area contributed by atoms with Crippen molar-refractivity contribution in [2.75, 3.05) is 5.73 Å². The van der Waals surface area contributed by atoms with Crippen molar-refractivity contribution in [3.8, 4) is 22.8 Å². The number of benzene rings is 1. The number of hydrogen-bond acceptors (Lipinski definition) is 5. The fourth-order valence-electron chi connectivity index (χ4n) is 2.00. The van der Waals surface area contributed by atoms with E-state index in [-0.39, 0.29) is 0 Å². The number of nitrogens with zero attached hydrogens (tertiary/aromatic N) is 3. The molecule has 0 amide bonds. The molecule has 0 aliphatic rings. The van der Waals surface area contributed by atoms with Crippen LogP contribution in [0.4, 0.5) is 5.69 Å². The molecule has 2 aromatic heterocycles. The number of aromatic nitrogens is 3. The van der Waals surface area contributed by atoms with E-state index in [9.17, 15) is 0 Å². The number of anilines is 1. The van der Waals surface area contributed by atoms with Gasteiger partial charge < -0.3 is 10.3 Å². The maximum absolute atomic E-state index is 5.67. The molecule has 2 N–H and O–H groups in total.